The molecule has 1 atom stereocenters. The van der Waals surface area contributed by atoms with E-state index in [1.165, 1.54) is 7.11 Å². The molecule has 0 fully saturated rings. The van der Waals surface area contributed by atoms with Crippen molar-refractivity contribution in [1.82, 2.24) is 5.32 Å². The number of hydrogen-bond acceptors (Lipinski definition) is 4. The standard InChI is InChI=1S/C15H20ClNO4/c1-15(2,3)21-14(19)17-12(13(18)20-4)9-10-6-5-7-11(16)8-10/h5-8,12H,9H2,1-4H3,(H,17,19)/t12-/m1/s1. The first kappa shape index (κ1) is 17.3. The highest BCUT2D eigenvalue weighted by atomic mass is 35.5. The summed E-state index contributed by atoms with van der Waals surface area (Å²) in [6, 6.07) is 6.23. The number of ether oxygens (including phenoxy) is 2. The molecule has 1 amide bonds. The minimum atomic E-state index is -0.830. The van der Waals surface area contributed by atoms with E-state index in [1.54, 1.807) is 39.0 Å². The van der Waals surface area contributed by atoms with Crippen molar-refractivity contribution in [3.8, 4) is 0 Å². The minimum Gasteiger partial charge on any atom is -0.467 e. The number of esters is 1. The summed E-state index contributed by atoms with van der Waals surface area (Å²) in [7, 11) is 1.27. The van der Waals surface area contributed by atoms with E-state index in [4.69, 9.17) is 21.1 Å². The summed E-state index contributed by atoms with van der Waals surface area (Å²) in [6.45, 7) is 5.24. The van der Waals surface area contributed by atoms with Crippen LogP contribution in [0, 0.1) is 0 Å². The molecule has 0 radical (unpaired) electrons. The number of amides is 1. The molecule has 0 saturated heterocycles. The molecular weight excluding hydrogens is 294 g/mol. The number of benzene rings is 1. The van der Waals surface area contributed by atoms with Crippen LogP contribution in [0.4, 0.5) is 4.79 Å². The Kier molecular flexibility index (Phi) is 6.03. The van der Waals surface area contributed by atoms with Gasteiger partial charge in [-0.2, -0.15) is 0 Å². The molecule has 0 aliphatic heterocycles. The van der Waals surface area contributed by atoms with Crippen LogP contribution < -0.4 is 5.32 Å². The van der Waals surface area contributed by atoms with Crippen LogP contribution in [0.2, 0.25) is 5.02 Å². The number of alkyl carbamates (subject to hydrolysis) is 1. The number of methoxy groups -OCH3 is 1. The fourth-order valence-corrected chi connectivity index (χ4v) is 1.90. The van der Waals surface area contributed by atoms with Crippen molar-refractivity contribution in [3.05, 3.63) is 34.9 Å². The number of rotatable bonds is 4. The number of nitrogens with one attached hydrogen (secondary N) is 1. The molecular formula is C15H20ClNO4. The summed E-state index contributed by atoms with van der Waals surface area (Å²) in [4.78, 5) is 23.6. The average Bonchev–Trinajstić information content (AvgIpc) is 2.34. The molecule has 6 heteroatoms. The van der Waals surface area contributed by atoms with Crippen molar-refractivity contribution in [1.29, 1.82) is 0 Å². The molecule has 0 saturated carbocycles. The van der Waals surface area contributed by atoms with Gasteiger partial charge in [-0.25, -0.2) is 9.59 Å². The summed E-state index contributed by atoms with van der Waals surface area (Å²) in [5.74, 6) is -0.541. The minimum absolute atomic E-state index is 0.270. The normalized spacial score (nSPS) is 12.4. The van der Waals surface area contributed by atoms with E-state index in [1.807, 2.05) is 6.07 Å². The van der Waals surface area contributed by atoms with E-state index in [0.29, 0.717) is 5.02 Å². The molecule has 1 rings (SSSR count). The van der Waals surface area contributed by atoms with E-state index in [2.05, 4.69) is 5.32 Å². The van der Waals surface area contributed by atoms with Gasteiger partial charge in [0.05, 0.1) is 7.11 Å². The molecule has 1 N–H and O–H groups in total. The molecule has 0 spiro atoms. The van der Waals surface area contributed by atoms with Crippen LogP contribution in [0.1, 0.15) is 26.3 Å². The number of carbonyl (C=O) groups is 2. The van der Waals surface area contributed by atoms with Gasteiger partial charge in [0.1, 0.15) is 11.6 Å². The first-order chi connectivity index (χ1) is 9.71. The first-order valence-electron chi connectivity index (χ1n) is 6.53. The lowest BCUT2D eigenvalue weighted by molar-refractivity contribution is -0.143. The monoisotopic (exact) mass is 313 g/mol. The van der Waals surface area contributed by atoms with Gasteiger partial charge in [0.2, 0.25) is 0 Å². The summed E-state index contributed by atoms with van der Waals surface area (Å²) in [5, 5.41) is 3.08. The van der Waals surface area contributed by atoms with Crippen LogP contribution in [-0.4, -0.2) is 30.8 Å². The molecule has 5 nitrogen and oxygen atoms in total. The molecule has 116 valence electrons. The van der Waals surface area contributed by atoms with Crippen molar-refractivity contribution in [3.63, 3.8) is 0 Å². The van der Waals surface area contributed by atoms with E-state index >= 15 is 0 Å². The van der Waals surface area contributed by atoms with Crippen LogP contribution >= 0.6 is 11.6 Å². The van der Waals surface area contributed by atoms with Crippen LogP contribution in [-0.2, 0) is 20.7 Å². The molecule has 0 bridgehead atoms. The van der Waals surface area contributed by atoms with E-state index in [0.717, 1.165) is 5.56 Å². The van der Waals surface area contributed by atoms with Crippen LogP contribution in [0.25, 0.3) is 0 Å². The SMILES string of the molecule is COC(=O)[C@@H](Cc1cccc(Cl)c1)NC(=O)OC(C)(C)C. The second kappa shape index (κ2) is 7.31. The highest BCUT2D eigenvalue weighted by molar-refractivity contribution is 6.30. The van der Waals surface area contributed by atoms with Gasteiger partial charge in [-0.05, 0) is 38.5 Å². The third kappa shape index (κ3) is 6.49. The Labute approximate surface area is 129 Å². The van der Waals surface area contributed by atoms with E-state index in [9.17, 15) is 9.59 Å². The van der Waals surface area contributed by atoms with E-state index in [-0.39, 0.29) is 6.42 Å². The molecule has 0 unspecified atom stereocenters. The maximum Gasteiger partial charge on any atom is 0.408 e. The van der Waals surface area contributed by atoms with Gasteiger partial charge in [0.25, 0.3) is 0 Å². The molecule has 0 heterocycles. The van der Waals surface area contributed by atoms with Gasteiger partial charge in [0.15, 0.2) is 0 Å². The summed E-state index contributed by atoms with van der Waals surface area (Å²) in [6.07, 6.45) is -0.396. The Bertz CT molecular complexity index is 511. The van der Waals surface area contributed by atoms with Crippen molar-refractivity contribution >= 4 is 23.7 Å². The van der Waals surface area contributed by atoms with Gasteiger partial charge in [-0.1, -0.05) is 23.7 Å². The number of carbonyl (C=O) groups excluding carboxylic acids is 2. The molecule has 1 aromatic rings. The highest BCUT2D eigenvalue weighted by Gasteiger charge is 2.25. The van der Waals surface area contributed by atoms with Crippen LogP contribution in [0.5, 0.6) is 0 Å². The van der Waals surface area contributed by atoms with Crippen molar-refractivity contribution in [2.75, 3.05) is 7.11 Å². The van der Waals surface area contributed by atoms with E-state index < -0.39 is 23.7 Å². The summed E-state index contributed by atoms with van der Waals surface area (Å²) in [5.41, 5.74) is 0.176. The molecule has 21 heavy (non-hydrogen) atoms. The van der Waals surface area contributed by atoms with Gasteiger partial charge in [0, 0.05) is 11.4 Å². The predicted molar refractivity (Wildman–Crippen MR) is 80.3 cm³/mol. The lowest BCUT2D eigenvalue weighted by atomic mass is 10.1. The van der Waals surface area contributed by atoms with Crippen molar-refractivity contribution in [2.45, 2.75) is 38.8 Å². The lowest BCUT2D eigenvalue weighted by Gasteiger charge is -2.22. The quantitative estimate of drug-likeness (QED) is 0.868. The van der Waals surface area contributed by atoms with Gasteiger partial charge in [-0.15, -0.1) is 0 Å². The fraction of sp³-hybridized carbons (Fsp3) is 0.467. The van der Waals surface area contributed by atoms with Crippen LogP contribution in [0.3, 0.4) is 0 Å². The van der Waals surface area contributed by atoms with Gasteiger partial charge >= 0.3 is 12.1 Å². The Balaban J connectivity index is 2.77. The van der Waals surface area contributed by atoms with Gasteiger partial charge < -0.3 is 14.8 Å². The molecule has 0 aliphatic carbocycles. The largest absolute Gasteiger partial charge is 0.467 e. The number of halogens is 1. The summed E-state index contributed by atoms with van der Waals surface area (Å²) >= 11 is 5.91. The molecule has 1 aromatic carbocycles. The van der Waals surface area contributed by atoms with Gasteiger partial charge in [-0.3, -0.25) is 0 Å². The molecule has 0 aliphatic rings. The van der Waals surface area contributed by atoms with Crippen molar-refractivity contribution < 1.29 is 19.1 Å². The third-order valence-corrected chi connectivity index (χ3v) is 2.74. The average molecular weight is 314 g/mol. The first-order valence-corrected chi connectivity index (χ1v) is 6.91. The maximum atomic E-state index is 11.8. The second-order valence-electron chi connectivity index (χ2n) is 5.56. The Morgan fingerprint density at radius 3 is 2.52 bits per heavy atom. The third-order valence-electron chi connectivity index (χ3n) is 2.51. The Morgan fingerprint density at radius 2 is 2.00 bits per heavy atom. The zero-order valence-corrected chi connectivity index (χ0v) is 13.4. The lowest BCUT2D eigenvalue weighted by Crippen LogP contribution is -2.45. The summed E-state index contributed by atoms with van der Waals surface area (Å²) < 4.78 is 9.84. The van der Waals surface area contributed by atoms with Crippen LogP contribution in [0.15, 0.2) is 24.3 Å². The Hall–Kier alpha value is -1.75. The zero-order chi connectivity index (χ0) is 16.0. The number of hydrogen-bond donors (Lipinski definition) is 1. The maximum absolute atomic E-state index is 11.8. The Morgan fingerprint density at radius 1 is 1.33 bits per heavy atom. The fourth-order valence-electron chi connectivity index (χ4n) is 1.69. The topological polar surface area (TPSA) is 64.6 Å². The highest BCUT2D eigenvalue weighted by Crippen LogP contribution is 2.13. The predicted octanol–water partition coefficient (Wildman–Crippen LogP) is 2.95. The van der Waals surface area contributed by atoms with Crippen molar-refractivity contribution in [2.24, 2.45) is 0 Å². The smallest absolute Gasteiger partial charge is 0.408 e. The molecule has 0 aromatic heterocycles. The zero-order valence-electron chi connectivity index (χ0n) is 12.6. The second-order valence-corrected chi connectivity index (χ2v) is 5.99.